The number of nitrogens with two attached hydrogens (primary N) is 1. The Morgan fingerprint density at radius 3 is 2.68 bits per heavy atom. The Morgan fingerprint density at radius 1 is 1.39 bits per heavy atom. The molecular weight excluding hydrogens is 633 g/mol. The van der Waals surface area contributed by atoms with Crippen molar-refractivity contribution < 1.29 is 29.3 Å². The van der Waals surface area contributed by atoms with Crippen LogP contribution in [0.25, 0.3) is 11.0 Å². The van der Waals surface area contributed by atoms with E-state index in [0.29, 0.717) is 31.5 Å². The van der Waals surface area contributed by atoms with Crippen LogP contribution in [0.1, 0.15) is 50.7 Å². The number of nitrogen functional groups attached to an aromatic ring is 1. The van der Waals surface area contributed by atoms with Gasteiger partial charge in [-0.05, 0) is 34.1 Å². The van der Waals surface area contributed by atoms with Crippen LogP contribution < -0.4 is 10.5 Å². The monoisotopic (exact) mass is 661 g/mol. The van der Waals surface area contributed by atoms with Crippen molar-refractivity contribution in [1.29, 1.82) is 0 Å². The number of hydrogen-bond donors (Lipinski definition) is 3. The number of aliphatic hydroxyl groups excluding tert-OH is 2. The van der Waals surface area contributed by atoms with Crippen LogP contribution in [0, 0.1) is 19.1 Å². The number of fused-ring (bicyclic) bond motifs is 1. The van der Waals surface area contributed by atoms with Gasteiger partial charge in [-0.3, -0.25) is 10.1 Å². The SMILES string of the molecule is COc1cc([C@@H](OCc2cn([C@H]3CC(O)[C@@H](CO)O3)c3nc(N)nc(Cl)c23)C(C)(C)C)c([N+](=O)[O-])cc1I. The highest BCUT2D eigenvalue weighted by Crippen LogP contribution is 2.44. The van der Waals surface area contributed by atoms with Crippen LogP contribution in [0.5, 0.6) is 5.75 Å². The highest BCUT2D eigenvalue weighted by Gasteiger charge is 2.37. The third-order valence-electron chi connectivity index (χ3n) is 6.39. The van der Waals surface area contributed by atoms with Gasteiger partial charge in [0.05, 0.1) is 52.0 Å². The summed E-state index contributed by atoms with van der Waals surface area (Å²) in [5.74, 6) is 0.462. The van der Waals surface area contributed by atoms with Crippen molar-refractivity contribution in [1.82, 2.24) is 14.5 Å². The predicted molar refractivity (Wildman–Crippen MR) is 148 cm³/mol. The molecule has 12 nitrogen and oxygen atoms in total. The number of nitrogens with zero attached hydrogens (tertiary/aromatic N) is 4. The summed E-state index contributed by atoms with van der Waals surface area (Å²) < 4.78 is 19.9. The van der Waals surface area contributed by atoms with Gasteiger partial charge in [0.1, 0.15) is 28.9 Å². The molecule has 0 bridgehead atoms. The molecule has 0 aliphatic carbocycles. The molecule has 0 radical (unpaired) electrons. The molecule has 38 heavy (non-hydrogen) atoms. The molecule has 1 saturated heterocycles. The first-order valence-corrected chi connectivity index (χ1v) is 13.2. The van der Waals surface area contributed by atoms with Gasteiger partial charge in [0.2, 0.25) is 5.95 Å². The maximum Gasteiger partial charge on any atom is 0.276 e. The molecule has 3 aromatic rings. The molecule has 2 aromatic heterocycles. The van der Waals surface area contributed by atoms with Gasteiger partial charge in [0.15, 0.2) is 0 Å². The van der Waals surface area contributed by atoms with Gasteiger partial charge >= 0.3 is 0 Å². The zero-order valence-corrected chi connectivity index (χ0v) is 24.1. The normalized spacial score (nSPS) is 20.7. The average Bonchev–Trinajstić information content (AvgIpc) is 3.38. The van der Waals surface area contributed by atoms with Crippen molar-refractivity contribution in [3.63, 3.8) is 0 Å². The molecule has 1 aliphatic heterocycles. The lowest BCUT2D eigenvalue weighted by Gasteiger charge is -2.31. The number of nitro groups is 1. The number of benzene rings is 1. The van der Waals surface area contributed by atoms with Crippen molar-refractivity contribution in [2.24, 2.45) is 5.41 Å². The third-order valence-corrected chi connectivity index (χ3v) is 7.51. The molecule has 0 amide bonds. The molecule has 1 fully saturated rings. The Morgan fingerprint density at radius 2 is 2.11 bits per heavy atom. The maximum absolute atomic E-state index is 12.0. The molecule has 0 saturated carbocycles. The molecule has 1 aromatic carbocycles. The molecule has 4 N–H and O–H groups in total. The summed E-state index contributed by atoms with van der Waals surface area (Å²) in [5, 5.41) is 32.3. The first kappa shape index (κ1) is 28.7. The second kappa shape index (κ2) is 11.1. The van der Waals surface area contributed by atoms with Gasteiger partial charge in [-0.1, -0.05) is 32.4 Å². The zero-order valence-electron chi connectivity index (χ0n) is 21.2. The minimum atomic E-state index is -0.863. The van der Waals surface area contributed by atoms with E-state index >= 15 is 0 Å². The third kappa shape index (κ3) is 5.53. The second-order valence-electron chi connectivity index (χ2n) is 10.1. The van der Waals surface area contributed by atoms with Gasteiger partial charge < -0.3 is 34.7 Å². The van der Waals surface area contributed by atoms with Crippen LogP contribution in [-0.4, -0.2) is 55.6 Å². The van der Waals surface area contributed by atoms with Gasteiger partial charge in [-0.2, -0.15) is 4.98 Å². The fourth-order valence-corrected chi connectivity index (χ4v) is 5.60. The van der Waals surface area contributed by atoms with E-state index in [1.807, 2.05) is 43.4 Å². The topological polar surface area (TPSA) is 168 Å². The number of halogens is 2. The van der Waals surface area contributed by atoms with Crippen LogP contribution in [0.2, 0.25) is 5.15 Å². The lowest BCUT2D eigenvalue weighted by Crippen LogP contribution is -2.24. The van der Waals surface area contributed by atoms with E-state index in [-0.39, 0.29) is 36.4 Å². The summed E-state index contributed by atoms with van der Waals surface area (Å²) in [6, 6.07) is 3.11. The fraction of sp³-hybridized carbons (Fsp3) is 0.500. The quantitative estimate of drug-likeness (QED) is 0.138. The number of anilines is 1. The first-order valence-electron chi connectivity index (χ1n) is 11.8. The minimum absolute atomic E-state index is 0.00257. The van der Waals surface area contributed by atoms with Crippen molar-refractivity contribution in [2.45, 2.75) is 58.3 Å². The van der Waals surface area contributed by atoms with Crippen LogP contribution >= 0.6 is 34.2 Å². The Kier molecular flexibility index (Phi) is 8.35. The van der Waals surface area contributed by atoms with E-state index in [1.165, 1.54) is 13.2 Å². The summed E-state index contributed by atoms with van der Waals surface area (Å²) in [6.45, 7) is 5.44. The number of hydrogen-bond acceptors (Lipinski definition) is 10. The summed E-state index contributed by atoms with van der Waals surface area (Å²) in [6.07, 6.45) is -1.000. The summed E-state index contributed by atoms with van der Waals surface area (Å²) in [7, 11) is 1.51. The van der Waals surface area contributed by atoms with Gasteiger partial charge in [-0.15, -0.1) is 0 Å². The van der Waals surface area contributed by atoms with E-state index < -0.39 is 34.9 Å². The standard InChI is InChI=1S/C24H29ClIN5O7/c1-24(2,3)20(12-5-16(36-4)13(26)6-14(12)31(34)35)37-10-11-8-30(18-7-15(33)17(9-32)38-18)22-19(11)21(25)28-23(27)29-22/h5-6,8,15,17-18,20,32-33H,7,9-10H2,1-4H3,(H2,27,28,29)/t15?,17-,18-,20-/m1/s1. The number of aromatic nitrogens is 3. The molecule has 206 valence electrons. The van der Waals surface area contributed by atoms with Crippen molar-refractivity contribution >= 4 is 56.9 Å². The highest BCUT2D eigenvalue weighted by atomic mass is 127. The van der Waals surface area contributed by atoms with E-state index in [2.05, 4.69) is 9.97 Å². The molecule has 4 atom stereocenters. The molecule has 14 heteroatoms. The Balaban J connectivity index is 1.76. The van der Waals surface area contributed by atoms with E-state index in [1.54, 1.807) is 16.8 Å². The van der Waals surface area contributed by atoms with Crippen molar-refractivity contribution in [3.8, 4) is 5.75 Å². The Labute approximate surface area is 237 Å². The predicted octanol–water partition coefficient (Wildman–Crippen LogP) is 4.13. The van der Waals surface area contributed by atoms with Gasteiger partial charge in [0.25, 0.3) is 5.69 Å². The number of ether oxygens (including phenoxy) is 3. The molecule has 4 rings (SSSR count). The lowest BCUT2D eigenvalue weighted by molar-refractivity contribution is -0.386. The molecule has 0 spiro atoms. The maximum atomic E-state index is 12.0. The summed E-state index contributed by atoms with van der Waals surface area (Å²) >= 11 is 8.48. The number of aliphatic hydroxyl groups is 2. The van der Waals surface area contributed by atoms with Crippen LogP contribution in [0.3, 0.4) is 0 Å². The highest BCUT2D eigenvalue weighted by molar-refractivity contribution is 14.1. The molecule has 1 aliphatic rings. The summed E-state index contributed by atoms with van der Waals surface area (Å²) in [4.78, 5) is 20.0. The number of rotatable bonds is 8. The minimum Gasteiger partial charge on any atom is -0.496 e. The average molecular weight is 662 g/mol. The van der Waals surface area contributed by atoms with Crippen LogP contribution in [0.15, 0.2) is 18.3 Å². The smallest absolute Gasteiger partial charge is 0.276 e. The van der Waals surface area contributed by atoms with E-state index in [4.69, 9.17) is 31.5 Å². The zero-order chi connectivity index (χ0) is 27.9. The fourth-order valence-electron chi connectivity index (χ4n) is 4.64. The van der Waals surface area contributed by atoms with Crippen molar-refractivity contribution in [2.75, 3.05) is 19.5 Å². The van der Waals surface area contributed by atoms with Gasteiger partial charge in [-0.25, -0.2) is 4.98 Å². The van der Waals surface area contributed by atoms with Crippen molar-refractivity contribution in [3.05, 3.63) is 48.3 Å². The Bertz CT molecular complexity index is 1360. The van der Waals surface area contributed by atoms with E-state index in [9.17, 15) is 20.3 Å². The molecular formula is C24H29ClIN5O7. The summed E-state index contributed by atoms with van der Waals surface area (Å²) in [5.41, 5.74) is 6.61. The van der Waals surface area contributed by atoms with E-state index in [0.717, 1.165) is 0 Å². The number of nitro benzene ring substituents is 1. The van der Waals surface area contributed by atoms with Crippen LogP contribution in [0.4, 0.5) is 11.6 Å². The lowest BCUT2D eigenvalue weighted by atomic mass is 9.83. The largest absolute Gasteiger partial charge is 0.496 e. The Hall–Kier alpha value is -2.30. The van der Waals surface area contributed by atoms with Crippen LogP contribution in [-0.2, 0) is 16.1 Å². The number of methoxy groups -OCH3 is 1. The molecule has 1 unspecified atom stereocenters. The molecule has 3 heterocycles. The first-order chi connectivity index (χ1) is 17.8. The second-order valence-corrected chi connectivity index (χ2v) is 11.6. The van der Waals surface area contributed by atoms with Gasteiger partial charge in [0, 0.05) is 24.2 Å².